The van der Waals surface area contributed by atoms with Crippen molar-refractivity contribution in [2.45, 2.75) is 56.4 Å². The van der Waals surface area contributed by atoms with Gasteiger partial charge in [0.2, 0.25) is 10.0 Å². The van der Waals surface area contributed by atoms with E-state index in [4.69, 9.17) is 5.14 Å². The van der Waals surface area contributed by atoms with Gasteiger partial charge >= 0.3 is 0 Å². The van der Waals surface area contributed by atoms with Gasteiger partial charge in [-0.15, -0.1) is 0 Å². The molecule has 0 aromatic heterocycles. The molecule has 0 saturated heterocycles. The zero-order valence-corrected chi connectivity index (χ0v) is 14.5. The van der Waals surface area contributed by atoms with Crippen LogP contribution in [0.15, 0.2) is 29.2 Å². The van der Waals surface area contributed by atoms with Crippen LogP contribution in [0.3, 0.4) is 0 Å². The van der Waals surface area contributed by atoms with E-state index in [9.17, 15) is 8.42 Å². The lowest BCUT2D eigenvalue weighted by Gasteiger charge is -2.25. The van der Waals surface area contributed by atoms with Gasteiger partial charge in [-0.05, 0) is 57.0 Å². The molecule has 1 fully saturated rings. The SMILES string of the molecule is C[C@H](c1ccc(S(N)(=O)=O)cc1)N(C)CCCC1CCCC1. The molecule has 5 heteroatoms. The minimum absolute atomic E-state index is 0.173. The number of rotatable bonds is 7. The molecule has 2 rings (SSSR count). The fourth-order valence-electron chi connectivity index (χ4n) is 3.31. The molecule has 2 N–H and O–H groups in total. The van der Waals surface area contributed by atoms with Crippen molar-refractivity contribution in [3.05, 3.63) is 29.8 Å². The third-order valence-electron chi connectivity index (χ3n) is 4.95. The Morgan fingerprint density at radius 1 is 1.23 bits per heavy atom. The standard InChI is InChI=1S/C17H28N2O2S/c1-14(16-9-11-17(12-10-16)22(18,20)21)19(2)13-5-8-15-6-3-4-7-15/h9-12,14-15H,3-8,13H2,1-2H3,(H2,18,20,21)/t14-/m1/s1. The summed E-state index contributed by atoms with van der Waals surface area (Å²) in [7, 11) is -1.47. The lowest BCUT2D eigenvalue weighted by molar-refractivity contribution is 0.249. The third-order valence-corrected chi connectivity index (χ3v) is 5.88. The monoisotopic (exact) mass is 324 g/mol. The van der Waals surface area contributed by atoms with Crippen LogP contribution < -0.4 is 5.14 Å². The minimum atomic E-state index is -3.60. The number of nitrogens with zero attached hydrogens (tertiary/aromatic N) is 1. The molecular weight excluding hydrogens is 296 g/mol. The van der Waals surface area contributed by atoms with Gasteiger partial charge in [0, 0.05) is 6.04 Å². The van der Waals surface area contributed by atoms with E-state index in [2.05, 4.69) is 18.9 Å². The quantitative estimate of drug-likeness (QED) is 0.837. The van der Waals surface area contributed by atoms with E-state index in [0.29, 0.717) is 0 Å². The number of sulfonamides is 1. The van der Waals surface area contributed by atoms with Crippen molar-refractivity contribution in [3.8, 4) is 0 Å². The summed E-state index contributed by atoms with van der Waals surface area (Å²) in [6, 6.07) is 7.18. The molecule has 0 radical (unpaired) electrons. The summed E-state index contributed by atoms with van der Waals surface area (Å²) in [5.41, 5.74) is 1.12. The van der Waals surface area contributed by atoms with Crippen molar-refractivity contribution >= 4 is 10.0 Å². The van der Waals surface area contributed by atoms with E-state index in [1.807, 2.05) is 12.1 Å². The van der Waals surface area contributed by atoms with Gasteiger partial charge in [-0.2, -0.15) is 0 Å². The first-order valence-corrected chi connectivity index (χ1v) is 9.75. The van der Waals surface area contributed by atoms with Crippen LogP contribution in [0.25, 0.3) is 0 Å². The summed E-state index contributed by atoms with van der Waals surface area (Å²) >= 11 is 0. The van der Waals surface area contributed by atoms with E-state index >= 15 is 0 Å². The average molecular weight is 324 g/mol. The second kappa shape index (κ2) is 7.57. The van der Waals surface area contributed by atoms with E-state index < -0.39 is 10.0 Å². The molecular formula is C17H28N2O2S. The van der Waals surface area contributed by atoms with E-state index in [0.717, 1.165) is 18.0 Å². The fourth-order valence-corrected chi connectivity index (χ4v) is 3.83. The van der Waals surface area contributed by atoms with Gasteiger partial charge < -0.3 is 0 Å². The van der Waals surface area contributed by atoms with Crippen molar-refractivity contribution in [2.75, 3.05) is 13.6 Å². The third kappa shape index (κ3) is 4.80. The maximum Gasteiger partial charge on any atom is 0.238 e. The molecule has 1 aromatic carbocycles. The van der Waals surface area contributed by atoms with Crippen molar-refractivity contribution in [3.63, 3.8) is 0 Å². The molecule has 1 aliphatic carbocycles. The van der Waals surface area contributed by atoms with Gasteiger partial charge in [-0.3, -0.25) is 4.90 Å². The number of nitrogens with two attached hydrogens (primary N) is 1. The van der Waals surface area contributed by atoms with Crippen LogP contribution in [0.1, 0.15) is 57.1 Å². The van der Waals surface area contributed by atoms with E-state index in [1.165, 1.54) is 38.5 Å². The highest BCUT2D eigenvalue weighted by atomic mass is 32.2. The molecule has 0 heterocycles. The van der Waals surface area contributed by atoms with Gasteiger partial charge in [-0.1, -0.05) is 37.8 Å². The second-order valence-corrected chi connectivity index (χ2v) is 8.12. The average Bonchev–Trinajstić information content (AvgIpc) is 2.99. The van der Waals surface area contributed by atoms with E-state index in [1.54, 1.807) is 12.1 Å². The predicted molar refractivity (Wildman–Crippen MR) is 90.1 cm³/mol. The summed E-state index contributed by atoms with van der Waals surface area (Å²) in [6.07, 6.45) is 8.21. The van der Waals surface area contributed by atoms with Gasteiger partial charge in [0.15, 0.2) is 0 Å². The molecule has 0 aliphatic heterocycles. The summed E-state index contributed by atoms with van der Waals surface area (Å²) < 4.78 is 22.6. The van der Waals surface area contributed by atoms with Crippen molar-refractivity contribution in [2.24, 2.45) is 11.1 Å². The highest BCUT2D eigenvalue weighted by molar-refractivity contribution is 7.89. The Balaban J connectivity index is 1.85. The Morgan fingerprint density at radius 3 is 2.36 bits per heavy atom. The van der Waals surface area contributed by atoms with Crippen molar-refractivity contribution < 1.29 is 8.42 Å². The maximum absolute atomic E-state index is 11.3. The molecule has 0 bridgehead atoms. The lowest BCUT2D eigenvalue weighted by atomic mass is 10.0. The first-order valence-electron chi connectivity index (χ1n) is 8.21. The molecule has 22 heavy (non-hydrogen) atoms. The molecule has 0 amide bonds. The molecule has 1 saturated carbocycles. The Labute approximate surface area is 134 Å². The molecule has 124 valence electrons. The Bertz CT molecular complexity index is 563. The normalized spacial score (nSPS) is 18.0. The Morgan fingerprint density at radius 2 is 1.82 bits per heavy atom. The topological polar surface area (TPSA) is 63.4 Å². The second-order valence-electron chi connectivity index (χ2n) is 6.56. The van der Waals surface area contributed by atoms with Crippen LogP contribution in [0.4, 0.5) is 0 Å². The van der Waals surface area contributed by atoms with Crippen LogP contribution in [0, 0.1) is 5.92 Å². The number of hydrogen-bond acceptors (Lipinski definition) is 3. The van der Waals surface area contributed by atoms with Crippen LogP contribution in [-0.2, 0) is 10.0 Å². The zero-order valence-electron chi connectivity index (χ0n) is 13.7. The predicted octanol–water partition coefficient (Wildman–Crippen LogP) is 3.30. The van der Waals surface area contributed by atoms with Crippen LogP contribution in [0.2, 0.25) is 0 Å². The Hall–Kier alpha value is -0.910. The largest absolute Gasteiger partial charge is 0.300 e. The molecule has 1 aliphatic rings. The molecule has 0 unspecified atom stereocenters. The lowest BCUT2D eigenvalue weighted by Crippen LogP contribution is -2.24. The van der Waals surface area contributed by atoms with Gasteiger partial charge in [-0.25, -0.2) is 13.6 Å². The molecule has 1 atom stereocenters. The summed E-state index contributed by atoms with van der Waals surface area (Å²) in [6.45, 7) is 3.23. The number of hydrogen-bond donors (Lipinski definition) is 1. The highest BCUT2D eigenvalue weighted by Gasteiger charge is 2.16. The number of primary sulfonamides is 1. The maximum atomic E-state index is 11.3. The molecule has 0 spiro atoms. The first kappa shape index (κ1) is 17.4. The van der Waals surface area contributed by atoms with Crippen molar-refractivity contribution in [1.82, 2.24) is 4.90 Å². The molecule has 4 nitrogen and oxygen atoms in total. The fraction of sp³-hybridized carbons (Fsp3) is 0.647. The first-order chi connectivity index (χ1) is 10.4. The van der Waals surface area contributed by atoms with Gasteiger partial charge in [0.1, 0.15) is 0 Å². The molecule has 1 aromatic rings. The number of benzene rings is 1. The van der Waals surface area contributed by atoms with Crippen LogP contribution in [0.5, 0.6) is 0 Å². The van der Waals surface area contributed by atoms with Crippen LogP contribution in [-0.4, -0.2) is 26.9 Å². The van der Waals surface area contributed by atoms with Gasteiger partial charge in [0.05, 0.1) is 4.90 Å². The summed E-state index contributed by atoms with van der Waals surface area (Å²) in [5.74, 6) is 0.942. The van der Waals surface area contributed by atoms with Crippen molar-refractivity contribution in [1.29, 1.82) is 0 Å². The summed E-state index contributed by atoms with van der Waals surface area (Å²) in [4.78, 5) is 2.51. The Kier molecular flexibility index (Phi) is 6.01. The summed E-state index contributed by atoms with van der Waals surface area (Å²) in [5, 5.41) is 5.13. The minimum Gasteiger partial charge on any atom is -0.300 e. The smallest absolute Gasteiger partial charge is 0.238 e. The van der Waals surface area contributed by atoms with Gasteiger partial charge in [0.25, 0.3) is 0 Å². The van der Waals surface area contributed by atoms with E-state index in [-0.39, 0.29) is 10.9 Å². The van der Waals surface area contributed by atoms with Crippen LogP contribution >= 0.6 is 0 Å². The zero-order chi connectivity index (χ0) is 16.2. The highest BCUT2D eigenvalue weighted by Crippen LogP contribution is 2.29.